The van der Waals surface area contributed by atoms with Crippen LogP contribution < -0.4 is 5.32 Å². The van der Waals surface area contributed by atoms with Crippen LogP contribution in [0.1, 0.15) is 28.8 Å². The summed E-state index contributed by atoms with van der Waals surface area (Å²) in [5.41, 5.74) is 3.79. The standard InChI is InChI=1S/C18H21NOS/c1-21-12-16(13-7-3-2-4-8-13)19-18-15-10-6-5-9-14(15)11-17(18)20/h2-10,16-20H,11-12H2,1H3. The molecule has 1 aliphatic rings. The number of aliphatic hydroxyl groups is 1. The lowest BCUT2D eigenvalue weighted by Crippen LogP contribution is -2.33. The van der Waals surface area contributed by atoms with Crippen molar-refractivity contribution in [1.29, 1.82) is 0 Å². The van der Waals surface area contributed by atoms with Gasteiger partial charge in [0, 0.05) is 18.2 Å². The third kappa shape index (κ3) is 3.15. The van der Waals surface area contributed by atoms with E-state index in [1.165, 1.54) is 16.7 Å². The van der Waals surface area contributed by atoms with Crippen molar-refractivity contribution < 1.29 is 5.11 Å². The van der Waals surface area contributed by atoms with E-state index in [4.69, 9.17) is 0 Å². The van der Waals surface area contributed by atoms with Gasteiger partial charge in [0.25, 0.3) is 0 Å². The molecule has 0 aliphatic heterocycles. The second-order valence-corrected chi connectivity index (χ2v) is 6.44. The van der Waals surface area contributed by atoms with Crippen LogP contribution in [0.4, 0.5) is 0 Å². The first-order valence-corrected chi connectivity index (χ1v) is 8.75. The molecule has 21 heavy (non-hydrogen) atoms. The highest BCUT2D eigenvalue weighted by molar-refractivity contribution is 7.98. The van der Waals surface area contributed by atoms with Crippen LogP contribution in [0.5, 0.6) is 0 Å². The highest BCUT2D eigenvalue weighted by atomic mass is 32.2. The van der Waals surface area contributed by atoms with E-state index >= 15 is 0 Å². The average molecular weight is 299 g/mol. The van der Waals surface area contributed by atoms with Gasteiger partial charge in [-0.25, -0.2) is 0 Å². The molecule has 3 heteroatoms. The molecule has 2 nitrogen and oxygen atoms in total. The van der Waals surface area contributed by atoms with E-state index in [0.717, 1.165) is 12.2 Å². The third-order valence-corrected chi connectivity index (χ3v) is 4.79. The minimum atomic E-state index is -0.338. The molecule has 0 radical (unpaired) electrons. The predicted octanol–water partition coefficient (Wildman–Crippen LogP) is 3.34. The van der Waals surface area contributed by atoms with Gasteiger partial charge in [-0.05, 0) is 22.9 Å². The molecule has 2 aromatic carbocycles. The Bertz CT molecular complexity index is 587. The minimum Gasteiger partial charge on any atom is -0.391 e. The summed E-state index contributed by atoms with van der Waals surface area (Å²) in [5, 5.41) is 14.1. The van der Waals surface area contributed by atoms with Gasteiger partial charge in [-0.1, -0.05) is 54.6 Å². The van der Waals surface area contributed by atoms with Gasteiger partial charge in [0.1, 0.15) is 0 Å². The monoisotopic (exact) mass is 299 g/mol. The Morgan fingerprint density at radius 2 is 1.86 bits per heavy atom. The molecule has 0 bridgehead atoms. The van der Waals surface area contributed by atoms with E-state index in [-0.39, 0.29) is 18.2 Å². The van der Waals surface area contributed by atoms with Crippen LogP contribution >= 0.6 is 11.8 Å². The number of aliphatic hydroxyl groups excluding tert-OH is 1. The fraction of sp³-hybridized carbons (Fsp3) is 0.333. The van der Waals surface area contributed by atoms with Gasteiger partial charge in [-0.2, -0.15) is 11.8 Å². The molecule has 0 aromatic heterocycles. The van der Waals surface area contributed by atoms with E-state index in [1.54, 1.807) is 0 Å². The second-order valence-electron chi connectivity index (χ2n) is 5.53. The molecule has 3 rings (SSSR count). The molecule has 0 amide bonds. The zero-order chi connectivity index (χ0) is 14.7. The topological polar surface area (TPSA) is 32.3 Å². The maximum absolute atomic E-state index is 10.4. The van der Waals surface area contributed by atoms with Gasteiger partial charge >= 0.3 is 0 Å². The van der Waals surface area contributed by atoms with Gasteiger partial charge in [0.15, 0.2) is 0 Å². The van der Waals surface area contributed by atoms with E-state index in [0.29, 0.717) is 0 Å². The molecule has 3 unspecified atom stereocenters. The van der Waals surface area contributed by atoms with Crippen LogP contribution in [-0.2, 0) is 6.42 Å². The fourth-order valence-corrected chi connectivity index (χ4v) is 3.71. The Kier molecular flexibility index (Phi) is 4.63. The lowest BCUT2D eigenvalue weighted by Gasteiger charge is -2.26. The van der Waals surface area contributed by atoms with Gasteiger partial charge in [-0.15, -0.1) is 0 Å². The van der Waals surface area contributed by atoms with Gasteiger partial charge in [0.05, 0.1) is 12.1 Å². The van der Waals surface area contributed by atoms with Crippen molar-refractivity contribution in [2.24, 2.45) is 0 Å². The van der Waals surface area contributed by atoms with Crippen molar-refractivity contribution in [1.82, 2.24) is 5.32 Å². The molecule has 0 fully saturated rings. The summed E-state index contributed by atoms with van der Waals surface area (Å²) in [6.07, 6.45) is 2.53. The number of hydrogen-bond acceptors (Lipinski definition) is 3. The van der Waals surface area contributed by atoms with Crippen LogP contribution in [0.3, 0.4) is 0 Å². The first kappa shape index (κ1) is 14.6. The number of rotatable bonds is 5. The Balaban J connectivity index is 1.83. The molecule has 110 valence electrons. The van der Waals surface area contributed by atoms with Crippen LogP contribution in [0.2, 0.25) is 0 Å². The van der Waals surface area contributed by atoms with E-state index < -0.39 is 0 Å². The van der Waals surface area contributed by atoms with Crippen LogP contribution in [0, 0.1) is 0 Å². The lowest BCUT2D eigenvalue weighted by atomic mass is 10.0. The van der Waals surface area contributed by atoms with E-state index in [2.05, 4.69) is 54.0 Å². The predicted molar refractivity (Wildman–Crippen MR) is 89.6 cm³/mol. The maximum Gasteiger partial charge on any atom is 0.0775 e. The largest absolute Gasteiger partial charge is 0.391 e. The summed E-state index contributed by atoms with van der Waals surface area (Å²) in [4.78, 5) is 0. The van der Waals surface area contributed by atoms with Crippen molar-refractivity contribution >= 4 is 11.8 Å². The number of hydrogen-bond donors (Lipinski definition) is 2. The zero-order valence-corrected chi connectivity index (χ0v) is 13.0. The molecule has 0 heterocycles. The molecule has 0 saturated carbocycles. The number of benzene rings is 2. The summed E-state index contributed by atoms with van der Waals surface area (Å²) >= 11 is 1.83. The van der Waals surface area contributed by atoms with Gasteiger partial charge in [0.2, 0.25) is 0 Å². The normalized spacial score (nSPS) is 22.0. The Morgan fingerprint density at radius 3 is 2.62 bits per heavy atom. The van der Waals surface area contributed by atoms with Crippen molar-refractivity contribution in [2.75, 3.05) is 12.0 Å². The first-order chi connectivity index (χ1) is 10.3. The third-order valence-electron chi connectivity index (χ3n) is 4.12. The maximum atomic E-state index is 10.4. The Morgan fingerprint density at radius 1 is 1.14 bits per heavy atom. The molecule has 2 N–H and O–H groups in total. The summed E-state index contributed by atoms with van der Waals surface area (Å²) in [7, 11) is 0. The molecule has 3 atom stereocenters. The SMILES string of the molecule is CSCC(NC1c2ccccc2CC1O)c1ccccc1. The lowest BCUT2D eigenvalue weighted by molar-refractivity contribution is 0.136. The molecular formula is C18H21NOS. The summed E-state index contributed by atoms with van der Waals surface area (Å²) in [5.74, 6) is 0.995. The van der Waals surface area contributed by atoms with E-state index in [9.17, 15) is 5.11 Å². The molecule has 0 saturated heterocycles. The highest BCUT2D eigenvalue weighted by Gasteiger charge is 2.32. The molecule has 2 aromatic rings. The number of thioether (sulfide) groups is 1. The zero-order valence-electron chi connectivity index (χ0n) is 12.2. The van der Waals surface area contributed by atoms with Crippen molar-refractivity contribution in [2.45, 2.75) is 24.6 Å². The molecule has 1 aliphatic carbocycles. The second kappa shape index (κ2) is 6.65. The minimum absolute atomic E-state index is 0.0264. The smallest absolute Gasteiger partial charge is 0.0775 e. The van der Waals surface area contributed by atoms with Gasteiger partial charge < -0.3 is 10.4 Å². The van der Waals surface area contributed by atoms with Crippen LogP contribution in [0.25, 0.3) is 0 Å². The highest BCUT2D eigenvalue weighted by Crippen LogP contribution is 2.33. The Hall–Kier alpha value is -1.29. The van der Waals surface area contributed by atoms with Crippen molar-refractivity contribution in [3.8, 4) is 0 Å². The van der Waals surface area contributed by atoms with Crippen molar-refractivity contribution in [3.63, 3.8) is 0 Å². The van der Waals surface area contributed by atoms with Gasteiger partial charge in [-0.3, -0.25) is 0 Å². The van der Waals surface area contributed by atoms with E-state index in [1.807, 2.05) is 23.9 Å². The molecular weight excluding hydrogens is 278 g/mol. The van der Waals surface area contributed by atoms with Crippen LogP contribution in [-0.4, -0.2) is 23.2 Å². The number of fused-ring (bicyclic) bond motifs is 1. The summed E-state index contributed by atoms with van der Waals surface area (Å²) in [6, 6.07) is 19.1. The van der Waals surface area contributed by atoms with Crippen LogP contribution in [0.15, 0.2) is 54.6 Å². The quantitative estimate of drug-likeness (QED) is 0.888. The first-order valence-electron chi connectivity index (χ1n) is 7.35. The average Bonchev–Trinajstić information content (AvgIpc) is 2.84. The summed E-state index contributed by atoms with van der Waals surface area (Å²) < 4.78 is 0. The number of nitrogens with one attached hydrogen (secondary N) is 1. The summed E-state index contributed by atoms with van der Waals surface area (Å²) in [6.45, 7) is 0. The van der Waals surface area contributed by atoms with Crippen molar-refractivity contribution in [3.05, 3.63) is 71.3 Å². The Labute approximate surface area is 130 Å². The molecule has 0 spiro atoms. The fourth-order valence-electron chi connectivity index (χ4n) is 3.08.